The number of carboxylic acids is 1. The third-order valence-electron chi connectivity index (χ3n) is 24.1. The number of nitrogens with one attached hydrogen (secondary N) is 14. The van der Waals surface area contributed by atoms with E-state index in [1.54, 1.807) is 81.7 Å². The van der Waals surface area contributed by atoms with Crippen LogP contribution in [0.3, 0.4) is 0 Å². The number of hydrogen-bond acceptors (Lipinski definition) is 23. The van der Waals surface area contributed by atoms with Gasteiger partial charge < -0.3 is 131 Å². The summed E-state index contributed by atoms with van der Waals surface area (Å²) in [4.78, 5) is 261. The van der Waals surface area contributed by atoms with E-state index >= 15 is 38.4 Å². The van der Waals surface area contributed by atoms with Crippen molar-refractivity contribution in [2.75, 3.05) is 71.5 Å². The lowest BCUT2D eigenvalue weighted by Crippen LogP contribution is -2.62. The fourth-order valence-electron chi connectivity index (χ4n) is 17.1. The molecule has 6 heterocycles. The second-order valence-electron chi connectivity index (χ2n) is 34.4. The third-order valence-corrected chi connectivity index (χ3v) is 25.1. The molecular weight excluding hydrogens is 1750 g/mol. The molecule has 724 valence electrons. The lowest BCUT2D eigenvalue weighted by molar-refractivity contribution is -0.149. The van der Waals surface area contributed by atoms with Gasteiger partial charge in [-0.1, -0.05) is 95.5 Å². The second-order valence-corrected chi connectivity index (χ2v) is 35.5. The molecule has 15 atom stereocenters. The van der Waals surface area contributed by atoms with E-state index in [0.29, 0.717) is 64.2 Å². The number of aliphatic hydroxyl groups excluding tert-OH is 2. The number of piperidine rings is 1. The number of carbonyl (C=O) groups is 17. The molecule has 4 fully saturated rings. The molecule has 24 N–H and O–H groups in total. The first-order valence-electron chi connectivity index (χ1n) is 44.9. The average Bonchev–Trinajstić information content (AvgIpc) is 1.73. The number of aromatic amines is 2. The first-order valence-corrected chi connectivity index (χ1v) is 46.1. The van der Waals surface area contributed by atoms with Crippen LogP contribution in [-0.4, -0.2) is 324 Å². The summed E-state index contributed by atoms with van der Waals surface area (Å²) in [7, 11) is 2.66. The Hall–Kier alpha value is -13.0. The highest BCUT2D eigenvalue weighted by Crippen LogP contribution is 2.29. The minimum absolute atomic E-state index is 0.0139. The summed E-state index contributed by atoms with van der Waals surface area (Å²) in [6, 6.07) is -2.29. The Morgan fingerprint density at radius 2 is 1.07 bits per heavy atom. The Kier molecular flexibility index (Phi) is 38.6. The topological polar surface area (TPSA) is 653 Å². The molecule has 0 bridgehead atoms. The number of nitrogens with zero attached hydrogens (tertiary/aromatic N) is 5. The van der Waals surface area contributed by atoms with E-state index in [-0.39, 0.29) is 108 Å². The fourth-order valence-corrected chi connectivity index (χ4v) is 17.9. The maximum atomic E-state index is 15.7. The number of H-pyrrole nitrogens is 2. The van der Waals surface area contributed by atoms with Gasteiger partial charge in [0.2, 0.25) is 94.5 Å². The summed E-state index contributed by atoms with van der Waals surface area (Å²) < 4.78 is 0. The number of unbranched alkanes of at least 4 members (excludes halogenated alkanes) is 1. The molecule has 9 rings (SSSR count). The first-order chi connectivity index (χ1) is 63.4. The predicted molar refractivity (Wildman–Crippen MR) is 487 cm³/mol. The van der Waals surface area contributed by atoms with E-state index < -0.39 is 248 Å². The van der Waals surface area contributed by atoms with Crippen molar-refractivity contribution in [3.63, 3.8) is 0 Å². The number of rotatable bonds is 24. The highest BCUT2D eigenvalue weighted by atomic mass is 32.2. The number of likely N-dealkylation sites (N-methyl/N-ethyl adjacent to an activating group) is 2. The number of amides is 16. The zero-order valence-corrected chi connectivity index (χ0v) is 76.3. The van der Waals surface area contributed by atoms with Crippen LogP contribution in [0, 0.1) is 11.3 Å². The highest BCUT2D eigenvalue weighted by Gasteiger charge is 2.47. The van der Waals surface area contributed by atoms with Gasteiger partial charge in [0.05, 0.1) is 31.4 Å². The third kappa shape index (κ3) is 28.5. The summed E-state index contributed by atoms with van der Waals surface area (Å²) >= 11 is 0.767. The number of phenolic OH excluding ortho intramolecular Hbond substituents is 1. The van der Waals surface area contributed by atoms with Gasteiger partial charge in [-0.3, -0.25) is 86.9 Å². The molecule has 43 nitrogen and oxygen atoms in total. The van der Waals surface area contributed by atoms with E-state index in [1.165, 1.54) is 43.3 Å². The van der Waals surface area contributed by atoms with Gasteiger partial charge in [0.1, 0.15) is 90.3 Å². The van der Waals surface area contributed by atoms with E-state index in [9.17, 15) is 63.6 Å². The molecule has 0 unspecified atom stereocenters. The maximum absolute atomic E-state index is 15.7. The number of benzene rings is 3. The summed E-state index contributed by atoms with van der Waals surface area (Å²) in [5.74, 6) is -18.6. The van der Waals surface area contributed by atoms with Gasteiger partial charge in [0, 0.05) is 112 Å². The van der Waals surface area contributed by atoms with Crippen LogP contribution in [0.2, 0.25) is 0 Å². The molecule has 16 amide bonds. The first kappa shape index (κ1) is 104. The lowest BCUT2D eigenvalue weighted by Gasteiger charge is -2.38. The normalized spacial score (nSPS) is 25.5. The average molecular weight is 1870 g/mol. The van der Waals surface area contributed by atoms with Crippen molar-refractivity contribution in [1.29, 1.82) is 5.41 Å². The van der Waals surface area contributed by atoms with Crippen molar-refractivity contribution in [3.05, 3.63) is 102 Å². The Bertz CT molecular complexity index is 5010. The Labute approximate surface area is 772 Å². The number of thioether (sulfide) groups is 1. The number of aromatic hydroxyl groups is 1. The molecule has 44 heteroatoms. The fraction of sp³-hybridized carbons (Fsp3) is 0.551. The number of carboxylic acid groups (broad SMARTS) is 1. The molecule has 3 aromatic carbocycles. The molecule has 0 spiro atoms. The van der Waals surface area contributed by atoms with Crippen LogP contribution in [0.25, 0.3) is 21.8 Å². The highest BCUT2D eigenvalue weighted by molar-refractivity contribution is 8.00. The summed E-state index contributed by atoms with van der Waals surface area (Å²) in [5, 5.41) is 81.0. The monoisotopic (exact) mass is 1870 g/mol. The predicted octanol–water partition coefficient (Wildman–Crippen LogP) is -3.19. The van der Waals surface area contributed by atoms with E-state index in [0.717, 1.165) is 31.4 Å². The van der Waals surface area contributed by atoms with Crippen molar-refractivity contribution in [2.45, 2.75) is 234 Å². The van der Waals surface area contributed by atoms with Crippen molar-refractivity contribution >= 4 is 140 Å². The minimum atomic E-state index is -1.89. The number of nitrogens with two attached hydrogens (primary N) is 3. The molecule has 4 saturated heterocycles. The smallest absolute Gasteiger partial charge is 0.305 e. The number of aromatic nitrogens is 2. The van der Waals surface area contributed by atoms with Crippen molar-refractivity contribution in [1.82, 2.24) is 93.0 Å². The standard InChI is InChI=1S/C89H126N22O21S/c1-7-9-24-70-88(132)107(5)67(18-8-2)80(124)99-58(23-16-31-94-89(92)93)76(120)106-66(75(119)97-43-72(91)115)46-133-47-73(116)98-61(35-49-27-29-52(113)30-28-49)85(129)109-32-15-14-25-68(109)81(125)103-63(39-74(117)118)86(130)110-33-17-26-69(110)82(126)104-64(40-90)78(122)101-60(34-48(3)4)87(131)111-44-53(114)38-71(111)83(127)100-59(36-50-41-95-56-21-12-10-19-54(50)56)77(121)105-65(45-112)79(123)102-62(84(128)108(70)6)37-51-42-96-57-22-13-11-20-55(51)57/h10-13,19-22,27-30,41-42,48,53,58-71,95-96,112-114H,7-9,14-18,23-26,31-40,43-47,90H2,1-6H3,(H2,91,115)(H,97,119)(H,98,116)(H,99,124)(H,100,127)(H,101,122)(H,102,123)(H,103,125)(H,104,126)(H,105,121)(H,106,120)(H,117,118)(H4,92,93,94)/t53-,58+,59+,60+,61+,62+,63+,64+,65+,66+,67+,68+,69+,70+,71+/m1/s1. The summed E-state index contributed by atoms with van der Waals surface area (Å²) in [6.45, 7) is 3.86. The van der Waals surface area contributed by atoms with E-state index in [1.807, 2.05) is 6.92 Å². The van der Waals surface area contributed by atoms with E-state index in [2.05, 4.69) is 68.5 Å². The van der Waals surface area contributed by atoms with Crippen molar-refractivity contribution < 1.29 is 102 Å². The van der Waals surface area contributed by atoms with Gasteiger partial charge in [0.25, 0.3) is 0 Å². The van der Waals surface area contributed by atoms with E-state index in [4.69, 9.17) is 22.6 Å². The minimum Gasteiger partial charge on any atom is -0.508 e. The molecular formula is C89H126N22O21S. The molecule has 4 aliphatic heterocycles. The number of fused-ring (bicyclic) bond motifs is 5. The zero-order chi connectivity index (χ0) is 97.0. The quantitative estimate of drug-likeness (QED) is 0.0164. The van der Waals surface area contributed by atoms with Gasteiger partial charge >= 0.3 is 5.97 Å². The van der Waals surface area contributed by atoms with Crippen LogP contribution >= 0.6 is 11.8 Å². The van der Waals surface area contributed by atoms with Gasteiger partial charge in [-0.2, -0.15) is 0 Å². The number of primary amides is 1. The van der Waals surface area contributed by atoms with Crippen molar-refractivity contribution in [3.8, 4) is 5.75 Å². The molecule has 5 aromatic rings. The number of para-hydroxylation sites is 2. The molecule has 0 aliphatic carbocycles. The van der Waals surface area contributed by atoms with Gasteiger partial charge in [-0.15, -0.1) is 11.8 Å². The number of aliphatic hydroxyl groups is 2. The van der Waals surface area contributed by atoms with Crippen LogP contribution in [0.4, 0.5) is 0 Å². The number of hydrogen-bond donors (Lipinski definition) is 21. The summed E-state index contributed by atoms with van der Waals surface area (Å²) in [6.07, 6.45) is 1.08. The molecule has 133 heavy (non-hydrogen) atoms. The van der Waals surface area contributed by atoms with Gasteiger partial charge in [-0.05, 0) is 111 Å². The van der Waals surface area contributed by atoms with Gasteiger partial charge in [-0.25, -0.2) is 0 Å². The molecule has 0 radical (unpaired) electrons. The number of aliphatic carboxylic acids is 1. The van der Waals surface area contributed by atoms with Crippen LogP contribution in [0.1, 0.15) is 141 Å². The SMILES string of the molecule is CCCC[C@H]1C(=O)N(C)[C@@H](CCC)C(=O)N[C@@H](CCCNC(=N)N)C(=O)N[C@H](C(=O)NCC(N)=O)CSCC(=O)N[C@@H](Cc2ccc(O)cc2)C(=O)N2CCCC[C@H]2C(=O)N[C@@H](CC(=O)O)C(=O)N2CCC[C@H]2C(=O)N[C@@H](CN)C(=O)N[C@@H](CC(C)C)C(=O)N2C[C@H](O)C[C@H]2C(=O)N[C@@H](Cc2c[nH]c3ccccc23)C(=O)N[C@@H](CO)C(=O)N[C@@H](Cc2c[nH]c3ccccc23)C(=O)N1C. The van der Waals surface area contributed by atoms with Crippen molar-refractivity contribution in [2.24, 2.45) is 23.1 Å². The van der Waals surface area contributed by atoms with Crippen LogP contribution in [-0.2, 0) is 101 Å². The van der Waals surface area contributed by atoms with Crippen LogP contribution in [0.5, 0.6) is 5.75 Å². The number of guanidine groups is 1. The zero-order valence-electron chi connectivity index (χ0n) is 75.5. The van der Waals surface area contributed by atoms with Gasteiger partial charge in [0.15, 0.2) is 5.96 Å². The number of phenols is 1. The Balaban J connectivity index is 1.09. The number of carbonyl (C=O) groups excluding carboxylic acids is 16. The maximum Gasteiger partial charge on any atom is 0.305 e. The molecule has 2 aromatic heterocycles. The second kappa shape index (κ2) is 49.5. The Morgan fingerprint density at radius 1 is 0.541 bits per heavy atom. The lowest BCUT2D eigenvalue weighted by atomic mass is 9.97. The Morgan fingerprint density at radius 3 is 1.67 bits per heavy atom. The molecule has 4 aliphatic rings. The summed E-state index contributed by atoms with van der Waals surface area (Å²) in [5.41, 5.74) is 19.9. The largest absolute Gasteiger partial charge is 0.508 e. The van der Waals surface area contributed by atoms with Crippen LogP contribution in [0.15, 0.2) is 85.2 Å². The van der Waals surface area contributed by atoms with Crippen LogP contribution < -0.4 is 75.7 Å². The molecule has 0 saturated carbocycles.